The number of aromatic nitrogens is 2. The van der Waals surface area contributed by atoms with E-state index in [0.717, 1.165) is 18.2 Å². The Morgan fingerprint density at radius 1 is 1.30 bits per heavy atom. The molecule has 108 valence electrons. The molecule has 0 amide bonds. The molecule has 1 aliphatic rings. The summed E-state index contributed by atoms with van der Waals surface area (Å²) in [6.45, 7) is 0.584. The zero-order chi connectivity index (χ0) is 14.3. The summed E-state index contributed by atoms with van der Waals surface area (Å²) in [6.07, 6.45) is 5.03. The fraction of sp³-hybridized carbons (Fsp3) is 0.462. The molecule has 1 fully saturated rings. The van der Waals surface area contributed by atoms with E-state index in [2.05, 4.69) is 4.72 Å². The molecule has 0 spiro atoms. The van der Waals surface area contributed by atoms with Gasteiger partial charge in [-0.1, -0.05) is 0 Å². The van der Waals surface area contributed by atoms with Crippen LogP contribution in [-0.2, 0) is 23.6 Å². The van der Waals surface area contributed by atoms with Crippen molar-refractivity contribution in [3.05, 3.63) is 34.9 Å². The van der Waals surface area contributed by atoms with Gasteiger partial charge in [-0.3, -0.25) is 4.79 Å². The number of rotatable bonds is 5. The fourth-order valence-corrected chi connectivity index (χ4v) is 3.68. The molecule has 6 nitrogen and oxygen atoms in total. The molecule has 1 N–H and O–H groups in total. The maximum absolute atomic E-state index is 12.3. The van der Waals surface area contributed by atoms with Crippen LogP contribution in [0.5, 0.6) is 0 Å². The van der Waals surface area contributed by atoms with Gasteiger partial charge in [0.2, 0.25) is 10.0 Å². The molecular weight excluding hydrogens is 278 g/mol. The van der Waals surface area contributed by atoms with E-state index in [4.69, 9.17) is 0 Å². The minimum atomic E-state index is -3.18. The Bertz CT molecular complexity index is 800. The number of nitrogens with zero attached hydrogens (tertiary/aromatic N) is 2. The lowest BCUT2D eigenvalue weighted by atomic mass is 10.3. The molecule has 0 saturated heterocycles. The van der Waals surface area contributed by atoms with Gasteiger partial charge < -0.3 is 9.13 Å². The third kappa shape index (κ3) is 2.38. The summed E-state index contributed by atoms with van der Waals surface area (Å²) in [7, 11) is -1.36. The predicted molar refractivity (Wildman–Crippen MR) is 77.1 cm³/mol. The Kier molecular flexibility index (Phi) is 3.18. The fourth-order valence-electron chi connectivity index (χ4n) is 2.31. The third-order valence-electron chi connectivity index (χ3n) is 3.62. The van der Waals surface area contributed by atoms with Gasteiger partial charge in [0.25, 0.3) is 5.56 Å². The van der Waals surface area contributed by atoms with Crippen LogP contribution in [0.15, 0.2) is 29.3 Å². The largest absolute Gasteiger partial charge is 0.346 e. The maximum Gasteiger partial charge on any atom is 0.275 e. The summed E-state index contributed by atoms with van der Waals surface area (Å²) in [5.74, 6) is 0. The second-order valence-corrected chi connectivity index (χ2v) is 7.23. The molecule has 2 aromatic heterocycles. The molecule has 0 atom stereocenters. The van der Waals surface area contributed by atoms with E-state index in [1.54, 1.807) is 10.8 Å². The van der Waals surface area contributed by atoms with Crippen LogP contribution >= 0.6 is 0 Å². The summed E-state index contributed by atoms with van der Waals surface area (Å²) < 4.78 is 29.3. The summed E-state index contributed by atoms with van der Waals surface area (Å²) in [4.78, 5) is 12.3. The molecule has 0 unspecified atom stereocenters. The van der Waals surface area contributed by atoms with E-state index in [-0.39, 0.29) is 17.4 Å². The Morgan fingerprint density at radius 2 is 2.00 bits per heavy atom. The molecule has 0 aromatic carbocycles. The quantitative estimate of drug-likeness (QED) is 0.869. The van der Waals surface area contributed by atoms with Crippen molar-refractivity contribution < 1.29 is 8.42 Å². The Morgan fingerprint density at radius 3 is 2.70 bits per heavy atom. The molecule has 1 aliphatic carbocycles. The SMILES string of the molecule is Cn1ccc2ccn(CCNS(=O)(=O)C3CC3)c(=O)c21. The summed E-state index contributed by atoms with van der Waals surface area (Å²) in [6, 6.07) is 3.75. The normalized spacial score (nSPS) is 15.8. The highest BCUT2D eigenvalue weighted by atomic mass is 32.2. The smallest absolute Gasteiger partial charge is 0.275 e. The highest BCUT2D eigenvalue weighted by Crippen LogP contribution is 2.27. The predicted octanol–water partition coefficient (Wildman–Crippen LogP) is 0.422. The number of sulfonamides is 1. The lowest BCUT2D eigenvalue weighted by Gasteiger charge is -2.08. The first kappa shape index (κ1) is 13.4. The average Bonchev–Trinajstić information content (AvgIpc) is 3.18. The van der Waals surface area contributed by atoms with Gasteiger partial charge in [0.1, 0.15) is 5.52 Å². The van der Waals surface area contributed by atoms with Gasteiger partial charge in [0.05, 0.1) is 5.25 Å². The number of aryl methyl sites for hydroxylation is 1. The van der Waals surface area contributed by atoms with Crippen molar-refractivity contribution in [3.63, 3.8) is 0 Å². The van der Waals surface area contributed by atoms with Crippen molar-refractivity contribution in [2.45, 2.75) is 24.6 Å². The van der Waals surface area contributed by atoms with Crippen molar-refractivity contribution in [2.24, 2.45) is 7.05 Å². The van der Waals surface area contributed by atoms with Crippen LogP contribution in [-0.4, -0.2) is 29.3 Å². The van der Waals surface area contributed by atoms with E-state index in [1.165, 1.54) is 4.57 Å². The molecule has 20 heavy (non-hydrogen) atoms. The second kappa shape index (κ2) is 4.75. The van der Waals surface area contributed by atoms with Gasteiger partial charge >= 0.3 is 0 Å². The van der Waals surface area contributed by atoms with Crippen LogP contribution in [0.4, 0.5) is 0 Å². The summed E-state index contributed by atoms with van der Waals surface area (Å²) >= 11 is 0. The molecule has 0 aliphatic heterocycles. The maximum atomic E-state index is 12.3. The van der Waals surface area contributed by atoms with E-state index in [9.17, 15) is 13.2 Å². The van der Waals surface area contributed by atoms with Crippen LogP contribution in [0.25, 0.3) is 10.9 Å². The van der Waals surface area contributed by atoms with Crippen molar-refractivity contribution in [1.82, 2.24) is 13.9 Å². The molecule has 0 bridgehead atoms. The molecule has 3 rings (SSSR count). The highest BCUT2D eigenvalue weighted by molar-refractivity contribution is 7.90. The number of hydrogen-bond acceptors (Lipinski definition) is 3. The average molecular weight is 295 g/mol. The topological polar surface area (TPSA) is 73.1 Å². The Balaban J connectivity index is 1.76. The number of fused-ring (bicyclic) bond motifs is 1. The number of hydrogen-bond donors (Lipinski definition) is 1. The summed E-state index contributed by atoms with van der Waals surface area (Å²) in [5.41, 5.74) is 0.540. The standard InChI is InChI=1S/C13H17N3O3S/c1-15-7-4-10-5-8-16(13(17)12(10)15)9-6-14-20(18,19)11-2-3-11/h4-5,7-8,11,14H,2-3,6,9H2,1H3. The summed E-state index contributed by atoms with van der Waals surface area (Å²) in [5, 5.41) is 0.668. The van der Waals surface area contributed by atoms with Gasteiger partial charge in [-0.05, 0) is 25.0 Å². The molecular formula is C13H17N3O3S. The van der Waals surface area contributed by atoms with Crippen molar-refractivity contribution in [2.75, 3.05) is 6.54 Å². The van der Waals surface area contributed by atoms with Crippen LogP contribution in [0.2, 0.25) is 0 Å². The van der Waals surface area contributed by atoms with Gasteiger partial charge in [-0.25, -0.2) is 13.1 Å². The molecule has 2 heterocycles. The lowest BCUT2D eigenvalue weighted by molar-refractivity contribution is 0.569. The first-order valence-corrected chi connectivity index (χ1v) is 8.16. The third-order valence-corrected chi connectivity index (χ3v) is 5.58. The Labute approximate surface area is 117 Å². The molecule has 1 saturated carbocycles. The number of nitrogens with one attached hydrogen (secondary N) is 1. The van der Waals surface area contributed by atoms with E-state index < -0.39 is 10.0 Å². The molecule has 0 radical (unpaired) electrons. The zero-order valence-electron chi connectivity index (χ0n) is 11.2. The number of pyridine rings is 1. The van der Waals surface area contributed by atoms with Crippen LogP contribution < -0.4 is 10.3 Å². The molecule has 7 heteroatoms. The minimum Gasteiger partial charge on any atom is -0.346 e. The van der Waals surface area contributed by atoms with E-state index >= 15 is 0 Å². The lowest BCUT2D eigenvalue weighted by Crippen LogP contribution is -2.32. The van der Waals surface area contributed by atoms with Crippen molar-refractivity contribution in [3.8, 4) is 0 Å². The second-order valence-electron chi connectivity index (χ2n) is 5.18. The van der Waals surface area contributed by atoms with Gasteiger partial charge in [-0.15, -0.1) is 0 Å². The monoisotopic (exact) mass is 295 g/mol. The van der Waals surface area contributed by atoms with E-state index in [0.29, 0.717) is 12.1 Å². The van der Waals surface area contributed by atoms with Gasteiger partial charge in [-0.2, -0.15) is 0 Å². The van der Waals surface area contributed by atoms with Crippen molar-refractivity contribution >= 4 is 20.9 Å². The van der Waals surface area contributed by atoms with Gasteiger partial charge in [0.15, 0.2) is 0 Å². The van der Waals surface area contributed by atoms with Crippen LogP contribution in [0, 0.1) is 0 Å². The van der Waals surface area contributed by atoms with Crippen LogP contribution in [0.1, 0.15) is 12.8 Å². The minimum absolute atomic E-state index is 0.0966. The van der Waals surface area contributed by atoms with Crippen LogP contribution in [0.3, 0.4) is 0 Å². The highest BCUT2D eigenvalue weighted by Gasteiger charge is 2.35. The van der Waals surface area contributed by atoms with Crippen molar-refractivity contribution in [1.29, 1.82) is 0 Å². The van der Waals surface area contributed by atoms with E-state index in [1.807, 2.05) is 25.4 Å². The first-order valence-electron chi connectivity index (χ1n) is 6.62. The molecule has 2 aromatic rings. The first-order chi connectivity index (χ1) is 9.49. The zero-order valence-corrected chi connectivity index (χ0v) is 12.1. The van der Waals surface area contributed by atoms with Gasteiger partial charge in [0, 0.05) is 37.9 Å². The Hall–Kier alpha value is -1.60.